The van der Waals surface area contributed by atoms with Crippen molar-refractivity contribution in [3.8, 4) is 0 Å². The van der Waals surface area contributed by atoms with E-state index < -0.39 is 5.97 Å². The van der Waals surface area contributed by atoms with E-state index in [0.29, 0.717) is 5.15 Å². The molecular formula is C16H23ClN2O2. The van der Waals surface area contributed by atoms with Crippen molar-refractivity contribution in [1.82, 2.24) is 9.78 Å². The molecule has 116 valence electrons. The number of carbonyl (C=O) groups is 1. The highest BCUT2D eigenvalue weighted by Gasteiger charge is 2.31. The van der Waals surface area contributed by atoms with Gasteiger partial charge in [-0.3, -0.25) is 0 Å². The molecule has 1 N–H and O–H groups in total. The van der Waals surface area contributed by atoms with Crippen molar-refractivity contribution in [2.24, 2.45) is 0 Å². The largest absolute Gasteiger partial charge is 0.476 e. The minimum Gasteiger partial charge on any atom is -0.476 e. The van der Waals surface area contributed by atoms with E-state index in [9.17, 15) is 9.90 Å². The van der Waals surface area contributed by atoms with Crippen molar-refractivity contribution >= 4 is 17.6 Å². The number of carboxylic acid groups (broad SMARTS) is 1. The summed E-state index contributed by atoms with van der Waals surface area (Å²) in [5.74, 6) is -0.665. The fourth-order valence-electron chi connectivity index (χ4n) is 3.91. The van der Waals surface area contributed by atoms with E-state index in [1.54, 1.807) is 0 Å². The molecule has 1 aromatic heterocycles. The molecule has 2 fully saturated rings. The van der Waals surface area contributed by atoms with E-state index in [1.165, 1.54) is 25.7 Å². The lowest BCUT2D eigenvalue weighted by molar-refractivity contribution is 0.0686. The van der Waals surface area contributed by atoms with Gasteiger partial charge in [-0.2, -0.15) is 5.10 Å². The number of nitrogens with zero attached hydrogens (tertiary/aromatic N) is 2. The maximum atomic E-state index is 11.6. The highest BCUT2D eigenvalue weighted by atomic mass is 35.5. The predicted octanol–water partition coefficient (Wildman–Crippen LogP) is 4.79. The molecule has 0 amide bonds. The Bertz CT molecular complexity index is 515. The van der Waals surface area contributed by atoms with Gasteiger partial charge in [0.15, 0.2) is 5.69 Å². The first kappa shape index (κ1) is 14.9. The number of hydrogen-bond donors (Lipinski definition) is 1. The van der Waals surface area contributed by atoms with Crippen LogP contribution in [0.5, 0.6) is 0 Å². The number of carboxylic acids is 1. The first-order chi connectivity index (χ1) is 10.2. The Kier molecular flexibility index (Phi) is 4.53. The molecule has 2 aliphatic carbocycles. The normalized spacial score (nSPS) is 21.6. The molecule has 0 saturated heterocycles. The van der Waals surface area contributed by atoms with Crippen molar-refractivity contribution in [3.05, 3.63) is 16.4 Å². The Morgan fingerprint density at radius 3 is 2.19 bits per heavy atom. The molecule has 2 aliphatic rings. The third-order valence-electron chi connectivity index (χ3n) is 5.02. The first-order valence-corrected chi connectivity index (χ1v) is 8.57. The van der Waals surface area contributed by atoms with Gasteiger partial charge >= 0.3 is 5.97 Å². The third kappa shape index (κ3) is 2.96. The average molecular weight is 311 g/mol. The summed E-state index contributed by atoms with van der Waals surface area (Å²) in [6.45, 7) is 0. The molecule has 1 heterocycles. The van der Waals surface area contributed by atoms with Crippen LogP contribution in [0.1, 0.15) is 92.2 Å². The molecule has 4 nitrogen and oxygen atoms in total. The minimum absolute atomic E-state index is 0.192. The van der Waals surface area contributed by atoms with Gasteiger partial charge in [-0.1, -0.05) is 50.1 Å². The van der Waals surface area contributed by atoms with Crippen molar-refractivity contribution in [3.63, 3.8) is 0 Å². The first-order valence-electron chi connectivity index (χ1n) is 8.19. The fourth-order valence-corrected chi connectivity index (χ4v) is 4.32. The van der Waals surface area contributed by atoms with Crippen LogP contribution < -0.4 is 0 Å². The van der Waals surface area contributed by atoms with Gasteiger partial charge in [-0.25, -0.2) is 9.48 Å². The summed E-state index contributed by atoms with van der Waals surface area (Å²) < 4.78 is 1.81. The second-order valence-electron chi connectivity index (χ2n) is 6.43. The molecule has 21 heavy (non-hydrogen) atoms. The van der Waals surface area contributed by atoms with E-state index in [-0.39, 0.29) is 17.7 Å². The summed E-state index contributed by atoms with van der Waals surface area (Å²) in [5.41, 5.74) is 0.993. The van der Waals surface area contributed by atoms with Gasteiger partial charge < -0.3 is 5.11 Å². The van der Waals surface area contributed by atoms with Gasteiger partial charge in [0.1, 0.15) is 5.15 Å². The monoisotopic (exact) mass is 310 g/mol. The zero-order valence-corrected chi connectivity index (χ0v) is 13.1. The second kappa shape index (κ2) is 6.39. The highest BCUT2D eigenvalue weighted by Crippen LogP contribution is 2.40. The van der Waals surface area contributed by atoms with E-state index in [1.807, 2.05) is 4.68 Å². The van der Waals surface area contributed by atoms with Gasteiger partial charge in [0.2, 0.25) is 0 Å². The van der Waals surface area contributed by atoms with E-state index in [2.05, 4.69) is 5.10 Å². The van der Waals surface area contributed by atoms with Crippen molar-refractivity contribution in [2.45, 2.75) is 76.2 Å². The lowest BCUT2D eigenvalue weighted by Crippen LogP contribution is -2.15. The van der Waals surface area contributed by atoms with Crippen LogP contribution in [0.2, 0.25) is 5.15 Å². The van der Waals surface area contributed by atoms with Crippen molar-refractivity contribution in [1.29, 1.82) is 0 Å². The summed E-state index contributed by atoms with van der Waals surface area (Å²) in [5, 5.41) is 14.5. The van der Waals surface area contributed by atoms with E-state index in [0.717, 1.165) is 44.1 Å². The molecule has 1 aromatic rings. The molecule has 5 heteroatoms. The summed E-state index contributed by atoms with van der Waals surface area (Å²) in [6, 6.07) is 0.279. The number of hydrogen-bond acceptors (Lipinski definition) is 2. The molecule has 0 aromatic carbocycles. The Labute approximate surface area is 130 Å². The highest BCUT2D eigenvalue weighted by molar-refractivity contribution is 6.31. The molecule has 3 rings (SSSR count). The van der Waals surface area contributed by atoms with Gasteiger partial charge in [-0.15, -0.1) is 0 Å². The van der Waals surface area contributed by atoms with Gasteiger partial charge in [0.25, 0.3) is 0 Å². The van der Waals surface area contributed by atoms with Crippen molar-refractivity contribution < 1.29 is 9.90 Å². The molecule has 0 aliphatic heterocycles. The molecule has 0 atom stereocenters. The smallest absolute Gasteiger partial charge is 0.356 e. The SMILES string of the molecule is O=C(O)c1nn(C2CCCCC2)c(Cl)c1C1CCCCC1. The molecule has 0 radical (unpaired) electrons. The number of halogens is 1. The molecule has 2 saturated carbocycles. The molecule has 0 unspecified atom stereocenters. The van der Waals surface area contributed by atoms with Crippen LogP contribution in [0, 0.1) is 0 Å². The summed E-state index contributed by atoms with van der Waals surface area (Å²) in [7, 11) is 0. The molecule has 0 spiro atoms. The van der Waals surface area contributed by atoms with Crippen molar-refractivity contribution in [2.75, 3.05) is 0 Å². The zero-order chi connectivity index (χ0) is 14.8. The maximum Gasteiger partial charge on any atom is 0.356 e. The lowest BCUT2D eigenvalue weighted by Gasteiger charge is -2.24. The Hall–Kier alpha value is -1.03. The van der Waals surface area contributed by atoms with Crippen LogP contribution >= 0.6 is 11.6 Å². The lowest BCUT2D eigenvalue weighted by atomic mass is 9.84. The fraction of sp³-hybridized carbons (Fsp3) is 0.750. The Balaban J connectivity index is 1.96. The topological polar surface area (TPSA) is 55.1 Å². The van der Waals surface area contributed by atoms with Crippen LogP contribution in [-0.2, 0) is 0 Å². The number of aromatic nitrogens is 2. The molecule has 0 bridgehead atoms. The number of aromatic carboxylic acids is 1. The molecular weight excluding hydrogens is 288 g/mol. The Morgan fingerprint density at radius 1 is 1.05 bits per heavy atom. The summed E-state index contributed by atoms with van der Waals surface area (Å²) in [4.78, 5) is 11.6. The van der Waals surface area contributed by atoms with Gasteiger partial charge in [0, 0.05) is 5.56 Å². The quantitative estimate of drug-likeness (QED) is 0.873. The minimum atomic E-state index is -0.938. The second-order valence-corrected chi connectivity index (χ2v) is 6.79. The van der Waals surface area contributed by atoms with Crippen LogP contribution in [0.15, 0.2) is 0 Å². The predicted molar refractivity (Wildman–Crippen MR) is 82.1 cm³/mol. The van der Waals surface area contributed by atoms with Gasteiger partial charge in [0.05, 0.1) is 6.04 Å². The van der Waals surface area contributed by atoms with Crippen LogP contribution in [0.3, 0.4) is 0 Å². The maximum absolute atomic E-state index is 11.6. The van der Waals surface area contributed by atoms with Crippen LogP contribution in [0.25, 0.3) is 0 Å². The van der Waals surface area contributed by atoms with Gasteiger partial charge in [-0.05, 0) is 31.6 Å². The summed E-state index contributed by atoms with van der Waals surface area (Å²) in [6.07, 6.45) is 11.4. The van der Waals surface area contributed by atoms with E-state index in [4.69, 9.17) is 11.6 Å². The summed E-state index contributed by atoms with van der Waals surface area (Å²) >= 11 is 6.58. The van der Waals surface area contributed by atoms with Crippen LogP contribution in [0.4, 0.5) is 0 Å². The standard InChI is InChI=1S/C16H23ClN2O2/c17-15-13(11-7-3-1-4-8-11)14(16(20)21)18-19(15)12-9-5-2-6-10-12/h11-12H,1-10H2,(H,20,21). The zero-order valence-electron chi connectivity index (χ0n) is 12.4. The average Bonchev–Trinajstić information content (AvgIpc) is 2.87. The van der Waals surface area contributed by atoms with Crippen LogP contribution in [-0.4, -0.2) is 20.9 Å². The third-order valence-corrected chi connectivity index (χ3v) is 5.40. The van der Waals surface area contributed by atoms with E-state index >= 15 is 0 Å². The number of rotatable bonds is 3. The Morgan fingerprint density at radius 2 is 1.62 bits per heavy atom.